The number of methoxy groups -OCH3 is 1. The molecule has 0 spiro atoms. The van der Waals surface area contributed by atoms with Gasteiger partial charge in [-0.2, -0.15) is 0 Å². The van der Waals surface area contributed by atoms with E-state index in [2.05, 4.69) is 0 Å². The Labute approximate surface area is 138 Å². The first-order chi connectivity index (χ1) is 10.7. The smallest absolute Gasteiger partial charge is 0.410 e. The molecule has 0 radical (unpaired) electrons. The van der Waals surface area contributed by atoms with Gasteiger partial charge in [0.15, 0.2) is 0 Å². The van der Waals surface area contributed by atoms with Gasteiger partial charge in [-0.05, 0) is 57.4 Å². The number of β-amino-alcohol motifs (C(OH)–C–C–N with tert-alkyl or cyclic N) is 1. The molecule has 1 fully saturated rings. The molecule has 5 nitrogen and oxygen atoms in total. The highest BCUT2D eigenvalue weighted by Crippen LogP contribution is 2.32. The van der Waals surface area contributed by atoms with Crippen LogP contribution < -0.4 is 4.74 Å². The fraction of sp³-hybridized carbons (Fsp3) is 0.611. The second kappa shape index (κ2) is 6.79. The molecule has 2 atom stereocenters. The highest BCUT2D eigenvalue weighted by Gasteiger charge is 2.33. The second-order valence-electron chi connectivity index (χ2n) is 7.11. The van der Waals surface area contributed by atoms with Crippen LogP contribution in [0, 0.1) is 6.92 Å². The van der Waals surface area contributed by atoms with Gasteiger partial charge in [-0.15, -0.1) is 0 Å². The third-order valence-electron chi connectivity index (χ3n) is 4.11. The summed E-state index contributed by atoms with van der Waals surface area (Å²) in [6.45, 7) is 8.43. The Morgan fingerprint density at radius 3 is 2.57 bits per heavy atom. The summed E-state index contributed by atoms with van der Waals surface area (Å²) >= 11 is 0. The van der Waals surface area contributed by atoms with Gasteiger partial charge in [0.25, 0.3) is 0 Å². The van der Waals surface area contributed by atoms with Gasteiger partial charge >= 0.3 is 6.09 Å². The maximum atomic E-state index is 12.1. The van der Waals surface area contributed by atoms with E-state index in [1.807, 2.05) is 45.9 Å². The van der Waals surface area contributed by atoms with E-state index in [9.17, 15) is 9.90 Å². The molecule has 1 saturated heterocycles. The van der Waals surface area contributed by atoms with Crippen LogP contribution in [0.5, 0.6) is 5.75 Å². The normalized spacial score (nSPS) is 21.9. The Morgan fingerprint density at radius 2 is 2.04 bits per heavy atom. The lowest BCUT2D eigenvalue weighted by Crippen LogP contribution is -2.47. The van der Waals surface area contributed by atoms with Crippen LogP contribution in [-0.2, 0) is 4.74 Å². The Bertz CT molecular complexity index is 565. The van der Waals surface area contributed by atoms with Crippen molar-refractivity contribution in [1.29, 1.82) is 0 Å². The molecule has 1 aliphatic rings. The van der Waals surface area contributed by atoms with Crippen molar-refractivity contribution < 1.29 is 19.4 Å². The zero-order chi connectivity index (χ0) is 17.2. The molecular weight excluding hydrogens is 294 g/mol. The van der Waals surface area contributed by atoms with E-state index in [0.717, 1.165) is 16.9 Å². The number of aliphatic hydroxyl groups is 1. The molecule has 1 heterocycles. The van der Waals surface area contributed by atoms with E-state index in [4.69, 9.17) is 9.47 Å². The summed E-state index contributed by atoms with van der Waals surface area (Å²) in [5, 5.41) is 10.5. The molecule has 1 amide bonds. The quantitative estimate of drug-likeness (QED) is 0.909. The Kier molecular flexibility index (Phi) is 5.19. The standard InChI is InChI=1S/C18H27NO4/c1-12-10-13(22-5)6-7-14(12)15-8-9-19(11-16(15)20)17(21)23-18(2,3)4/h6-7,10,15-16,20H,8-9,11H2,1-5H3/t15-,16-/m1/s1. The lowest BCUT2D eigenvalue weighted by molar-refractivity contribution is -0.00156. The molecule has 2 rings (SSSR count). The Balaban J connectivity index is 2.06. The summed E-state index contributed by atoms with van der Waals surface area (Å²) in [5.74, 6) is 0.839. The first-order valence-corrected chi connectivity index (χ1v) is 8.02. The second-order valence-corrected chi connectivity index (χ2v) is 7.11. The largest absolute Gasteiger partial charge is 0.497 e. The summed E-state index contributed by atoms with van der Waals surface area (Å²) in [5.41, 5.74) is 1.69. The summed E-state index contributed by atoms with van der Waals surface area (Å²) in [4.78, 5) is 13.7. The maximum absolute atomic E-state index is 12.1. The van der Waals surface area contributed by atoms with Crippen molar-refractivity contribution in [3.05, 3.63) is 29.3 Å². The summed E-state index contributed by atoms with van der Waals surface area (Å²) in [7, 11) is 1.64. The molecule has 23 heavy (non-hydrogen) atoms. The molecule has 1 N–H and O–H groups in total. The predicted molar refractivity (Wildman–Crippen MR) is 88.9 cm³/mol. The number of carbonyl (C=O) groups is 1. The van der Waals surface area contributed by atoms with Gasteiger partial charge in [-0.3, -0.25) is 0 Å². The Morgan fingerprint density at radius 1 is 1.35 bits per heavy atom. The zero-order valence-corrected chi connectivity index (χ0v) is 14.6. The van der Waals surface area contributed by atoms with Crippen LogP contribution in [0.2, 0.25) is 0 Å². The number of benzene rings is 1. The van der Waals surface area contributed by atoms with E-state index in [1.54, 1.807) is 12.0 Å². The molecule has 0 aromatic heterocycles. The maximum Gasteiger partial charge on any atom is 0.410 e. The minimum atomic E-state index is -0.594. The molecular formula is C18H27NO4. The number of aliphatic hydroxyl groups excluding tert-OH is 1. The van der Waals surface area contributed by atoms with Gasteiger partial charge < -0.3 is 19.5 Å². The van der Waals surface area contributed by atoms with Crippen LogP contribution >= 0.6 is 0 Å². The topological polar surface area (TPSA) is 59.0 Å². The molecule has 0 saturated carbocycles. The van der Waals surface area contributed by atoms with E-state index >= 15 is 0 Å². The fourth-order valence-corrected chi connectivity index (χ4v) is 2.98. The Hall–Kier alpha value is -1.75. The number of piperidine rings is 1. The van der Waals surface area contributed by atoms with Crippen molar-refractivity contribution >= 4 is 6.09 Å². The van der Waals surface area contributed by atoms with Crippen LogP contribution in [0.3, 0.4) is 0 Å². The summed E-state index contributed by atoms with van der Waals surface area (Å²) in [6.07, 6.45) is -0.238. The zero-order valence-electron chi connectivity index (χ0n) is 14.6. The fourth-order valence-electron chi connectivity index (χ4n) is 2.98. The van der Waals surface area contributed by atoms with Crippen LogP contribution in [0.1, 0.15) is 44.2 Å². The number of aryl methyl sites for hydroxylation is 1. The number of hydrogen-bond acceptors (Lipinski definition) is 4. The first-order valence-electron chi connectivity index (χ1n) is 8.02. The highest BCUT2D eigenvalue weighted by molar-refractivity contribution is 5.68. The molecule has 0 bridgehead atoms. The van der Waals surface area contributed by atoms with Crippen molar-refractivity contribution in [2.75, 3.05) is 20.2 Å². The first kappa shape index (κ1) is 17.6. The highest BCUT2D eigenvalue weighted by atomic mass is 16.6. The van der Waals surface area contributed by atoms with E-state index in [-0.39, 0.29) is 12.0 Å². The number of rotatable bonds is 2. The number of likely N-dealkylation sites (tertiary alicyclic amines) is 1. The molecule has 0 aliphatic carbocycles. The van der Waals surface area contributed by atoms with Gasteiger partial charge in [-0.25, -0.2) is 4.79 Å². The minimum absolute atomic E-state index is 0.0274. The van der Waals surface area contributed by atoms with Crippen LogP contribution in [0.4, 0.5) is 4.79 Å². The van der Waals surface area contributed by atoms with Crippen molar-refractivity contribution in [3.63, 3.8) is 0 Å². The molecule has 5 heteroatoms. The molecule has 1 aromatic rings. The number of amides is 1. The van der Waals surface area contributed by atoms with Crippen molar-refractivity contribution in [3.8, 4) is 5.75 Å². The van der Waals surface area contributed by atoms with E-state index < -0.39 is 11.7 Å². The van der Waals surface area contributed by atoms with E-state index in [1.165, 1.54) is 0 Å². The molecule has 1 aliphatic heterocycles. The number of hydrogen-bond donors (Lipinski definition) is 1. The van der Waals surface area contributed by atoms with Crippen LogP contribution in [0.25, 0.3) is 0 Å². The average molecular weight is 321 g/mol. The third kappa shape index (κ3) is 4.38. The van der Waals surface area contributed by atoms with E-state index in [0.29, 0.717) is 19.5 Å². The number of ether oxygens (including phenoxy) is 2. The minimum Gasteiger partial charge on any atom is -0.497 e. The van der Waals surface area contributed by atoms with Gasteiger partial charge in [-0.1, -0.05) is 6.07 Å². The SMILES string of the molecule is COc1ccc([C@H]2CCN(C(=O)OC(C)(C)C)C[C@H]2O)c(C)c1. The lowest BCUT2D eigenvalue weighted by atomic mass is 9.85. The third-order valence-corrected chi connectivity index (χ3v) is 4.11. The van der Waals surface area contributed by atoms with Gasteiger partial charge in [0.1, 0.15) is 11.4 Å². The predicted octanol–water partition coefficient (Wildman–Crippen LogP) is 3.09. The molecule has 1 aromatic carbocycles. The van der Waals surface area contributed by atoms with Crippen LogP contribution in [0.15, 0.2) is 18.2 Å². The van der Waals surface area contributed by atoms with Crippen molar-refractivity contribution in [1.82, 2.24) is 4.90 Å². The number of carbonyl (C=O) groups excluding carboxylic acids is 1. The van der Waals surface area contributed by atoms with Gasteiger partial charge in [0.2, 0.25) is 0 Å². The average Bonchev–Trinajstić information content (AvgIpc) is 2.45. The van der Waals surface area contributed by atoms with Gasteiger partial charge in [0, 0.05) is 12.5 Å². The van der Waals surface area contributed by atoms with Crippen molar-refractivity contribution in [2.24, 2.45) is 0 Å². The number of nitrogens with zero attached hydrogens (tertiary/aromatic N) is 1. The summed E-state index contributed by atoms with van der Waals surface area (Å²) in [6, 6.07) is 5.89. The lowest BCUT2D eigenvalue weighted by Gasteiger charge is -2.37. The van der Waals surface area contributed by atoms with Crippen LogP contribution in [-0.4, -0.2) is 48.0 Å². The summed E-state index contributed by atoms with van der Waals surface area (Å²) < 4.78 is 10.6. The molecule has 0 unspecified atom stereocenters. The van der Waals surface area contributed by atoms with Gasteiger partial charge in [0.05, 0.1) is 19.8 Å². The monoisotopic (exact) mass is 321 g/mol. The molecule has 128 valence electrons. The van der Waals surface area contributed by atoms with Crippen molar-refractivity contribution in [2.45, 2.75) is 51.7 Å².